The summed E-state index contributed by atoms with van der Waals surface area (Å²) >= 11 is 0. The number of aromatic nitrogens is 2. The number of carbonyl (C=O) groups excluding carboxylic acids is 3. The van der Waals surface area contributed by atoms with Crippen LogP contribution in [-0.4, -0.2) is 52.2 Å². The van der Waals surface area contributed by atoms with E-state index in [4.69, 9.17) is 14.6 Å². The monoisotopic (exact) mass is 536 g/mol. The molecule has 0 unspecified atom stereocenters. The number of ether oxygens (including phenoxy) is 2. The first kappa shape index (κ1) is 27.8. The van der Waals surface area contributed by atoms with Gasteiger partial charge in [0, 0.05) is 29.8 Å². The van der Waals surface area contributed by atoms with Gasteiger partial charge in [0.1, 0.15) is 36.3 Å². The number of esters is 1. The van der Waals surface area contributed by atoms with Gasteiger partial charge in [-0.2, -0.15) is 10.4 Å². The largest absolute Gasteiger partial charge is 0.490 e. The lowest BCUT2D eigenvalue weighted by molar-refractivity contribution is -0.147. The first-order valence-electron chi connectivity index (χ1n) is 12.6. The van der Waals surface area contributed by atoms with Gasteiger partial charge in [0.25, 0.3) is 11.8 Å². The molecule has 0 spiro atoms. The highest BCUT2D eigenvalue weighted by atomic mass is 16.5. The fourth-order valence-corrected chi connectivity index (χ4v) is 4.33. The van der Waals surface area contributed by atoms with E-state index in [1.807, 2.05) is 61.5 Å². The summed E-state index contributed by atoms with van der Waals surface area (Å²) in [5.41, 5.74) is 4.05. The first-order valence-corrected chi connectivity index (χ1v) is 12.6. The molecule has 9 heteroatoms. The summed E-state index contributed by atoms with van der Waals surface area (Å²) < 4.78 is 12.3. The highest BCUT2D eigenvalue weighted by molar-refractivity contribution is 6.19. The van der Waals surface area contributed by atoms with E-state index in [-0.39, 0.29) is 29.9 Å². The summed E-state index contributed by atoms with van der Waals surface area (Å²) in [5, 5.41) is 14.6. The molecule has 202 valence electrons. The van der Waals surface area contributed by atoms with Gasteiger partial charge in [-0.1, -0.05) is 30.9 Å². The normalized spacial score (nSPS) is 14.3. The van der Waals surface area contributed by atoms with Crippen LogP contribution in [0.15, 0.2) is 84.1 Å². The summed E-state index contributed by atoms with van der Waals surface area (Å²) in [4.78, 5) is 38.6. The lowest BCUT2D eigenvalue weighted by Gasteiger charge is -2.27. The van der Waals surface area contributed by atoms with Crippen LogP contribution in [0.2, 0.25) is 0 Å². The third kappa shape index (κ3) is 5.76. The fourth-order valence-electron chi connectivity index (χ4n) is 4.33. The number of carbonyl (C=O) groups is 3. The Balaban J connectivity index is 1.85. The van der Waals surface area contributed by atoms with Crippen molar-refractivity contribution < 1.29 is 23.9 Å². The molecule has 0 bridgehead atoms. The number of nitriles is 1. The van der Waals surface area contributed by atoms with Crippen LogP contribution >= 0.6 is 0 Å². The van der Waals surface area contributed by atoms with Gasteiger partial charge < -0.3 is 9.47 Å². The SMILES string of the molecule is C=CCOc1ccc(-c2nn(-c3ccccc3)cc2/C=C2/C(=O)N(CCOC(C)=O)C(=O)C(C#N)=C2C)c(C)c1. The Morgan fingerprint density at radius 2 is 1.88 bits per heavy atom. The van der Waals surface area contributed by atoms with E-state index in [2.05, 4.69) is 6.58 Å². The van der Waals surface area contributed by atoms with Crippen LogP contribution in [0.3, 0.4) is 0 Å². The molecule has 0 N–H and O–H groups in total. The summed E-state index contributed by atoms with van der Waals surface area (Å²) in [7, 11) is 0. The highest BCUT2D eigenvalue weighted by Crippen LogP contribution is 2.33. The number of nitrogens with zero attached hydrogens (tertiary/aromatic N) is 4. The van der Waals surface area contributed by atoms with Gasteiger partial charge in [-0.25, -0.2) is 4.68 Å². The third-order valence-electron chi connectivity index (χ3n) is 6.33. The molecule has 0 saturated carbocycles. The van der Waals surface area contributed by atoms with Crippen LogP contribution in [-0.2, 0) is 19.1 Å². The zero-order valence-electron chi connectivity index (χ0n) is 22.5. The minimum absolute atomic E-state index is 0.148. The van der Waals surface area contributed by atoms with Crippen molar-refractivity contribution in [1.29, 1.82) is 5.26 Å². The zero-order chi connectivity index (χ0) is 28.8. The molecule has 0 aliphatic carbocycles. The van der Waals surface area contributed by atoms with Crippen molar-refractivity contribution in [3.63, 3.8) is 0 Å². The summed E-state index contributed by atoms with van der Waals surface area (Å²) in [6.45, 7) is 8.46. The van der Waals surface area contributed by atoms with Gasteiger partial charge in [-0.05, 0) is 61.4 Å². The van der Waals surface area contributed by atoms with Crippen molar-refractivity contribution in [3.8, 4) is 28.8 Å². The second-order valence-corrected chi connectivity index (χ2v) is 9.06. The third-order valence-corrected chi connectivity index (χ3v) is 6.33. The number of para-hydroxylation sites is 1. The Hall–Kier alpha value is -5.23. The lowest BCUT2D eigenvalue weighted by atomic mass is 9.93. The second kappa shape index (κ2) is 12.1. The average molecular weight is 537 g/mol. The quantitative estimate of drug-likeness (QED) is 0.170. The molecule has 2 heterocycles. The molecule has 2 amide bonds. The summed E-state index contributed by atoms with van der Waals surface area (Å²) in [5.74, 6) is -1.16. The molecule has 40 heavy (non-hydrogen) atoms. The molecule has 9 nitrogen and oxygen atoms in total. The molecule has 0 radical (unpaired) electrons. The van der Waals surface area contributed by atoms with Gasteiger partial charge in [0.15, 0.2) is 0 Å². The number of hydrogen-bond donors (Lipinski definition) is 0. The van der Waals surface area contributed by atoms with E-state index in [9.17, 15) is 19.6 Å². The Morgan fingerprint density at radius 1 is 1.12 bits per heavy atom. The number of benzene rings is 2. The molecular weight excluding hydrogens is 508 g/mol. The van der Waals surface area contributed by atoms with E-state index in [1.165, 1.54) is 6.92 Å². The molecule has 0 saturated heterocycles. The second-order valence-electron chi connectivity index (χ2n) is 9.06. The first-order chi connectivity index (χ1) is 19.2. The van der Waals surface area contributed by atoms with Crippen molar-refractivity contribution >= 4 is 23.9 Å². The minimum atomic E-state index is -0.722. The highest BCUT2D eigenvalue weighted by Gasteiger charge is 2.35. The topological polar surface area (TPSA) is 115 Å². The van der Waals surface area contributed by atoms with Crippen LogP contribution < -0.4 is 4.74 Å². The van der Waals surface area contributed by atoms with E-state index >= 15 is 0 Å². The maximum absolute atomic E-state index is 13.5. The predicted molar refractivity (Wildman–Crippen MR) is 149 cm³/mol. The van der Waals surface area contributed by atoms with Crippen LogP contribution in [0, 0.1) is 18.3 Å². The molecular formula is C31H28N4O5. The number of hydrogen-bond acceptors (Lipinski definition) is 7. The Morgan fingerprint density at radius 3 is 2.52 bits per heavy atom. The van der Waals surface area contributed by atoms with Crippen LogP contribution in [0.5, 0.6) is 5.75 Å². The number of rotatable bonds is 9. The van der Waals surface area contributed by atoms with E-state index in [1.54, 1.807) is 30.0 Å². The maximum atomic E-state index is 13.5. The van der Waals surface area contributed by atoms with Crippen molar-refractivity contribution in [2.24, 2.45) is 0 Å². The van der Waals surface area contributed by atoms with Crippen LogP contribution in [0.4, 0.5) is 0 Å². The van der Waals surface area contributed by atoms with Crippen LogP contribution in [0.25, 0.3) is 23.0 Å². The van der Waals surface area contributed by atoms with Crippen LogP contribution in [0.1, 0.15) is 25.0 Å². The maximum Gasteiger partial charge on any atom is 0.302 e. The molecule has 1 aliphatic heterocycles. The van der Waals surface area contributed by atoms with Gasteiger partial charge in [0.05, 0.1) is 12.2 Å². The van der Waals surface area contributed by atoms with Gasteiger partial charge >= 0.3 is 5.97 Å². The molecule has 0 fully saturated rings. The van der Waals surface area contributed by atoms with E-state index in [0.717, 1.165) is 21.7 Å². The van der Waals surface area contributed by atoms with Gasteiger partial charge in [-0.15, -0.1) is 0 Å². The molecule has 1 aliphatic rings. The Labute approximate surface area is 232 Å². The smallest absolute Gasteiger partial charge is 0.302 e. The van der Waals surface area contributed by atoms with E-state index < -0.39 is 17.8 Å². The molecule has 0 atom stereocenters. The predicted octanol–water partition coefficient (Wildman–Crippen LogP) is 4.57. The average Bonchev–Trinajstić information content (AvgIpc) is 3.36. The minimum Gasteiger partial charge on any atom is -0.490 e. The Bertz CT molecular complexity index is 1590. The van der Waals surface area contributed by atoms with Gasteiger partial charge in [-0.3, -0.25) is 19.3 Å². The molecule has 3 aromatic rings. The van der Waals surface area contributed by atoms with Crippen molar-refractivity contribution in [2.45, 2.75) is 20.8 Å². The lowest BCUT2D eigenvalue weighted by Crippen LogP contribution is -2.44. The summed E-state index contributed by atoms with van der Waals surface area (Å²) in [6.07, 6.45) is 5.11. The summed E-state index contributed by atoms with van der Waals surface area (Å²) in [6, 6.07) is 17.1. The fraction of sp³-hybridized carbons (Fsp3) is 0.194. The number of amides is 2. The van der Waals surface area contributed by atoms with Crippen molar-refractivity contribution in [1.82, 2.24) is 14.7 Å². The van der Waals surface area contributed by atoms with E-state index in [0.29, 0.717) is 23.6 Å². The zero-order valence-corrected chi connectivity index (χ0v) is 22.5. The number of imide groups is 1. The molecule has 1 aromatic heterocycles. The number of aryl methyl sites for hydroxylation is 1. The van der Waals surface area contributed by atoms with Crippen molar-refractivity contribution in [2.75, 3.05) is 19.8 Å². The van der Waals surface area contributed by atoms with Gasteiger partial charge in [0.2, 0.25) is 0 Å². The standard InChI is InChI=1S/C31H28N4O5/c1-5-14-40-25-11-12-26(20(2)16-25)29-23(19-35(33-29)24-9-7-6-8-10-24)17-27-21(3)28(18-32)31(38)34(30(27)37)13-15-39-22(4)36/h5-12,16-17,19H,1,13-15H2,2-4H3/b27-17+. The molecule has 4 rings (SSSR count). The molecule has 2 aromatic carbocycles. The Kier molecular flexibility index (Phi) is 8.40. The van der Waals surface area contributed by atoms with Crippen molar-refractivity contribution in [3.05, 3.63) is 95.2 Å².